The van der Waals surface area contributed by atoms with E-state index in [4.69, 9.17) is 4.74 Å². The fourth-order valence-electron chi connectivity index (χ4n) is 0.947. The number of anilines is 1. The van der Waals surface area contributed by atoms with Crippen molar-refractivity contribution >= 4 is 21.9 Å². The van der Waals surface area contributed by atoms with Gasteiger partial charge in [-0.25, -0.2) is 4.98 Å². The molecule has 0 radical (unpaired) electrons. The minimum atomic E-state index is -0.0514. The summed E-state index contributed by atoms with van der Waals surface area (Å²) in [6, 6.07) is 0. The van der Waals surface area contributed by atoms with E-state index < -0.39 is 0 Å². The van der Waals surface area contributed by atoms with Crippen molar-refractivity contribution < 1.29 is 4.74 Å². The van der Waals surface area contributed by atoms with Crippen molar-refractivity contribution in [1.29, 1.82) is 0 Å². The van der Waals surface area contributed by atoms with E-state index in [1.165, 1.54) is 0 Å². The summed E-state index contributed by atoms with van der Waals surface area (Å²) in [6.07, 6.45) is 1.68. The monoisotopic (exact) mass is 302 g/mol. The van der Waals surface area contributed by atoms with Gasteiger partial charge in [-0.05, 0) is 43.9 Å². The van der Waals surface area contributed by atoms with Gasteiger partial charge in [-0.1, -0.05) is 0 Å². The van der Waals surface area contributed by atoms with E-state index in [2.05, 4.69) is 50.0 Å². The summed E-state index contributed by atoms with van der Waals surface area (Å²) < 4.78 is 6.48. The van der Waals surface area contributed by atoms with Crippen LogP contribution in [-0.4, -0.2) is 48.2 Å². The number of likely N-dealkylation sites (N-methyl/N-ethyl adjacent to an activating group) is 1. The predicted octanol–water partition coefficient (Wildman–Crippen LogP) is 2.00. The molecule has 0 saturated carbocycles. The van der Waals surface area contributed by atoms with Gasteiger partial charge in [-0.15, -0.1) is 0 Å². The Hall–Kier alpha value is -0.880. The zero-order chi connectivity index (χ0) is 13.1. The molecule has 0 aromatic carbocycles. The van der Waals surface area contributed by atoms with Crippen LogP contribution in [0.3, 0.4) is 0 Å². The quantitative estimate of drug-likeness (QED) is 0.901. The molecule has 6 heteroatoms. The average Bonchev–Trinajstić information content (AvgIpc) is 2.28. The Morgan fingerprint density at radius 2 is 2.12 bits per heavy atom. The molecule has 0 atom stereocenters. The lowest BCUT2D eigenvalue weighted by molar-refractivity contribution is 0.110. The molecule has 1 aromatic rings. The molecule has 1 rings (SSSR count). The molecule has 1 heterocycles. The Morgan fingerprint density at radius 3 is 2.65 bits per heavy atom. The van der Waals surface area contributed by atoms with Gasteiger partial charge in [0.25, 0.3) is 0 Å². The molecule has 0 fully saturated rings. The van der Waals surface area contributed by atoms with Crippen LogP contribution in [0.4, 0.5) is 5.95 Å². The zero-order valence-electron chi connectivity index (χ0n) is 10.9. The van der Waals surface area contributed by atoms with Gasteiger partial charge in [0.1, 0.15) is 6.61 Å². The molecule has 0 aliphatic carbocycles. The molecule has 0 aliphatic heterocycles. The van der Waals surface area contributed by atoms with Crippen LogP contribution in [0.1, 0.15) is 13.8 Å². The fourth-order valence-corrected chi connectivity index (χ4v) is 1.25. The summed E-state index contributed by atoms with van der Waals surface area (Å²) in [5.41, 5.74) is -0.0514. The van der Waals surface area contributed by atoms with E-state index in [0.29, 0.717) is 18.4 Å². The Kier molecular flexibility index (Phi) is 4.70. The van der Waals surface area contributed by atoms with Crippen molar-refractivity contribution in [3.05, 3.63) is 10.7 Å². The number of hydrogen-bond donors (Lipinski definition) is 1. The smallest absolute Gasteiger partial charge is 0.232 e. The highest BCUT2D eigenvalue weighted by atomic mass is 79.9. The van der Waals surface area contributed by atoms with Gasteiger partial charge in [0.2, 0.25) is 11.8 Å². The number of rotatable bonds is 5. The molecule has 17 heavy (non-hydrogen) atoms. The van der Waals surface area contributed by atoms with E-state index in [1.807, 2.05) is 14.1 Å². The van der Waals surface area contributed by atoms with Gasteiger partial charge in [0.05, 0.1) is 10.7 Å². The van der Waals surface area contributed by atoms with Crippen LogP contribution in [0, 0.1) is 0 Å². The van der Waals surface area contributed by atoms with Crippen molar-refractivity contribution in [2.45, 2.75) is 19.4 Å². The lowest BCUT2D eigenvalue weighted by Crippen LogP contribution is -2.43. The van der Waals surface area contributed by atoms with E-state index >= 15 is 0 Å². The summed E-state index contributed by atoms with van der Waals surface area (Å²) in [5.74, 6) is 1.10. The van der Waals surface area contributed by atoms with Crippen LogP contribution in [0.2, 0.25) is 0 Å². The second kappa shape index (κ2) is 5.64. The van der Waals surface area contributed by atoms with E-state index in [0.717, 1.165) is 4.47 Å². The average molecular weight is 303 g/mol. The van der Waals surface area contributed by atoms with Crippen molar-refractivity contribution in [3.63, 3.8) is 0 Å². The van der Waals surface area contributed by atoms with Gasteiger partial charge in [-0.2, -0.15) is 4.98 Å². The maximum atomic E-state index is 5.73. The first kappa shape index (κ1) is 14.2. The van der Waals surface area contributed by atoms with Crippen LogP contribution in [0.15, 0.2) is 10.7 Å². The van der Waals surface area contributed by atoms with Gasteiger partial charge in [0.15, 0.2) is 0 Å². The topological polar surface area (TPSA) is 50.3 Å². The number of hydrogen-bond acceptors (Lipinski definition) is 5. The maximum absolute atomic E-state index is 5.73. The highest BCUT2D eigenvalue weighted by Crippen LogP contribution is 2.23. The third-order valence-corrected chi connectivity index (χ3v) is 3.25. The minimum Gasteiger partial charge on any atom is -0.475 e. The Labute approximate surface area is 111 Å². The molecular formula is C11H19BrN4O. The lowest BCUT2D eigenvalue weighted by Gasteiger charge is -2.32. The van der Waals surface area contributed by atoms with Gasteiger partial charge < -0.3 is 15.0 Å². The first-order valence-electron chi connectivity index (χ1n) is 5.37. The molecule has 1 aromatic heterocycles. The molecule has 0 spiro atoms. The molecule has 0 saturated heterocycles. The summed E-state index contributed by atoms with van der Waals surface area (Å²) in [4.78, 5) is 10.4. The third kappa shape index (κ3) is 3.81. The third-order valence-electron chi connectivity index (χ3n) is 2.71. The molecule has 0 unspecified atom stereocenters. The van der Waals surface area contributed by atoms with Crippen molar-refractivity contribution in [2.75, 3.05) is 33.1 Å². The second-order valence-electron chi connectivity index (χ2n) is 4.59. The summed E-state index contributed by atoms with van der Waals surface area (Å²) in [7, 11) is 5.82. The number of halogens is 1. The minimum absolute atomic E-state index is 0.0514. The number of nitrogens with zero attached hydrogens (tertiary/aromatic N) is 3. The fraction of sp³-hybridized carbons (Fsp3) is 0.636. The molecule has 0 amide bonds. The first-order chi connectivity index (χ1) is 7.86. The predicted molar refractivity (Wildman–Crippen MR) is 72.5 cm³/mol. The molecule has 96 valence electrons. The van der Waals surface area contributed by atoms with Gasteiger partial charge in [-0.3, -0.25) is 0 Å². The van der Waals surface area contributed by atoms with Crippen molar-refractivity contribution in [2.24, 2.45) is 0 Å². The molecule has 0 aliphatic rings. The Balaban J connectivity index is 2.75. The van der Waals surface area contributed by atoms with Gasteiger partial charge in [0, 0.05) is 12.6 Å². The SMILES string of the molecule is CNc1ncc(Br)c(OCC(C)(C)N(C)C)n1. The van der Waals surface area contributed by atoms with Crippen LogP contribution in [0.5, 0.6) is 5.88 Å². The molecule has 1 N–H and O–H groups in total. The van der Waals surface area contributed by atoms with E-state index in [1.54, 1.807) is 13.2 Å². The number of ether oxygens (including phenoxy) is 1. The van der Waals surface area contributed by atoms with Crippen molar-refractivity contribution in [1.82, 2.24) is 14.9 Å². The van der Waals surface area contributed by atoms with Crippen molar-refractivity contribution in [3.8, 4) is 5.88 Å². The number of aromatic nitrogens is 2. The number of nitrogens with one attached hydrogen (secondary N) is 1. The Morgan fingerprint density at radius 1 is 1.47 bits per heavy atom. The second-order valence-corrected chi connectivity index (χ2v) is 5.45. The highest BCUT2D eigenvalue weighted by Gasteiger charge is 2.22. The van der Waals surface area contributed by atoms with Crippen LogP contribution < -0.4 is 10.1 Å². The van der Waals surface area contributed by atoms with Crippen LogP contribution in [-0.2, 0) is 0 Å². The van der Waals surface area contributed by atoms with Crippen LogP contribution >= 0.6 is 15.9 Å². The lowest BCUT2D eigenvalue weighted by atomic mass is 10.1. The summed E-state index contributed by atoms with van der Waals surface area (Å²) in [6.45, 7) is 4.78. The first-order valence-corrected chi connectivity index (χ1v) is 6.16. The summed E-state index contributed by atoms with van der Waals surface area (Å²) in [5, 5.41) is 2.88. The zero-order valence-corrected chi connectivity index (χ0v) is 12.5. The standard InChI is InChI=1S/C11H19BrN4O/c1-11(2,16(4)5)7-17-9-8(12)6-14-10(13-3)15-9/h6H,7H2,1-5H3,(H,13,14,15). The highest BCUT2D eigenvalue weighted by molar-refractivity contribution is 9.10. The largest absolute Gasteiger partial charge is 0.475 e. The summed E-state index contributed by atoms with van der Waals surface area (Å²) >= 11 is 3.37. The van der Waals surface area contributed by atoms with E-state index in [9.17, 15) is 0 Å². The molecule has 0 bridgehead atoms. The van der Waals surface area contributed by atoms with Crippen LogP contribution in [0.25, 0.3) is 0 Å². The normalized spacial score (nSPS) is 11.7. The maximum Gasteiger partial charge on any atom is 0.232 e. The Bertz CT molecular complexity index is 382. The van der Waals surface area contributed by atoms with Gasteiger partial charge >= 0.3 is 0 Å². The molecular weight excluding hydrogens is 284 g/mol. The molecule has 5 nitrogen and oxygen atoms in total. The van der Waals surface area contributed by atoms with E-state index in [-0.39, 0.29) is 5.54 Å².